The van der Waals surface area contributed by atoms with Gasteiger partial charge < -0.3 is 10.2 Å². The zero-order valence-electron chi connectivity index (χ0n) is 15.6. The summed E-state index contributed by atoms with van der Waals surface area (Å²) < 4.78 is 27.3. The lowest BCUT2D eigenvalue weighted by molar-refractivity contribution is 0.102. The van der Waals surface area contributed by atoms with Gasteiger partial charge in [0.1, 0.15) is 0 Å². The van der Waals surface area contributed by atoms with Crippen molar-refractivity contribution in [2.45, 2.75) is 37.1 Å². The Morgan fingerprint density at radius 1 is 1.15 bits per heavy atom. The van der Waals surface area contributed by atoms with Crippen LogP contribution in [0.2, 0.25) is 0 Å². The number of hydrogen-bond acceptors (Lipinski definition) is 4. The highest BCUT2D eigenvalue weighted by molar-refractivity contribution is 7.89. The van der Waals surface area contributed by atoms with Crippen LogP contribution in [0, 0.1) is 0 Å². The van der Waals surface area contributed by atoms with E-state index >= 15 is 0 Å². The average Bonchev–Trinajstić information content (AvgIpc) is 3.45. The molecule has 1 saturated carbocycles. The third-order valence-electron chi connectivity index (χ3n) is 4.43. The maximum absolute atomic E-state index is 12.5. The summed E-state index contributed by atoms with van der Waals surface area (Å²) in [6.45, 7) is 3.06. The molecule has 7 heteroatoms. The molecule has 2 N–H and O–H groups in total. The Hall–Kier alpha value is -2.38. The Kier molecular flexibility index (Phi) is 5.82. The van der Waals surface area contributed by atoms with Gasteiger partial charge in [0.25, 0.3) is 5.91 Å². The molecule has 2 aromatic rings. The lowest BCUT2D eigenvalue weighted by Gasteiger charge is -2.18. The van der Waals surface area contributed by atoms with E-state index in [1.54, 1.807) is 24.3 Å². The van der Waals surface area contributed by atoms with Gasteiger partial charge in [-0.05, 0) is 61.7 Å². The molecule has 1 fully saturated rings. The van der Waals surface area contributed by atoms with E-state index in [4.69, 9.17) is 0 Å². The van der Waals surface area contributed by atoms with Gasteiger partial charge in [-0.15, -0.1) is 0 Å². The van der Waals surface area contributed by atoms with Gasteiger partial charge in [-0.3, -0.25) is 4.79 Å². The van der Waals surface area contributed by atoms with Crippen molar-refractivity contribution in [1.82, 2.24) is 4.72 Å². The summed E-state index contributed by atoms with van der Waals surface area (Å²) in [5.41, 5.74) is 2.02. The summed E-state index contributed by atoms with van der Waals surface area (Å²) in [5, 5.41) is 2.77. The summed E-state index contributed by atoms with van der Waals surface area (Å²) in [6.07, 6.45) is 2.80. The van der Waals surface area contributed by atoms with E-state index in [0.717, 1.165) is 31.5 Å². The molecule has 0 aliphatic heterocycles. The number of carbonyl (C=O) groups excluding carboxylic acids is 1. The highest BCUT2D eigenvalue weighted by Gasteiger charge is 2.28. The summed E-state index contributed by atoms with van der Waals surface area (Å²) in [6, 6.07) is 13.7. The predicted octanol–water partition coefficient (Wildman–Crippen LogP) is 3.23. The maximum Gasteiger partial charge on any atom is 0.255 e. The van der Waals surface area contributed by atoms with Crippen molar-refractivity contribution in [2.24, 2.45) is 0 Å². The summed E-state index contributed by atoms with van der Waals surface area (Å²) in [4.78, 5) is 14.8. The molecule has 0 radical (unpaired) electrons. The van der Waals surface area contributed by atoms with Crippen LogP contribution >= 0.6 is 0 Å². The first-order chi connectivity index (χ1) is 12.9. The van der Waals surface area contributed by atoms with Crippen LogP contribution in [0.15, 0.2) is 53.4 Å². The Labute approximate surface area is 160 Å². The summed E-state index contributed by atoms with van der Waals surface area (Å²) in [7, 11) is -1.53. The zero-order chi connectivity index (χ0) is 19.4. The molecule has 2 aromatic carbocycles. The normalized spacial score (nSPS) is 14.0. The van der Waals surface area contributed by atoms with Gasteiger partial charge in [-0.1, -0.05) is 13.0 Å². The second-order valence-corrected chi connectivity index (χ2v) is 8.56. The van der Waals surface area contributed by atoms with Crippen molar-refractivity contribution in [1.29, 1.82) is 0 Å². The SMILES string of the molecule is CCCN(C)c1ccc(C(=O)Nc2cccc(S(=O)(=O)NC3CC3)c2)cc1. The average molecular weight is 388 g/mol. The molecule has 1 aliphatic carbocycles. The molecule has 6 nitrogen and oxygen atoms in total. The first-order valence-corrected chi connectivity index (χ1v) is 10.6. The largest absolute Gasteiger partial charge is 0.375 e. The molecule has 0 bridgehead atoms. The molecule has 1 amide bonds. The molecule has 0 heterocycles. The molecule has 0 unspecified atom stereocenters. The molecule has 0 atom stereocenters. The second-order valence-electron chi connectivity index (χ2n) is 6.85. The van der Waals surface area contributed by atoms with Crippen LogP contribution in [-0.2, 0) is 10.0 Å². The monoisotopic (exact) mass is 387 g/mol. The topological polar surface area (TPSA) is 78.5 Å². The summed E-state index contributed by atoms with van der Waals surface area (Å²) >= 11 is 0. The summed E-state index contributed by atoms with van der Waals surface area (Å²) in [5.74, 6) is -0.274. The Balaban J connectivity index is 1.69. The lowest BCUT2D eigenvalue weighted by Crippen LogP contribution is -2.25. The predicted molar refractivity (Wildman–Crippen MR) is 108 cm³/mol. The van der Waals surface area contributed by atoms with Crippen LogP contribution in [0.5, 0.6) is 0 Å². The molecule has 0 spiro atoms. The molecule has 0 saturated heterocycles. The van der Waals surface area contributed by atoms with Crippen molar-refractivity contribution in [2.75, 3.05) is 23.8 Å². The Morgan fingerprint density at radius 2 is 1.85 bits per heavy atom. The Bertz CT molecular complexity index is 906. The highest BCUT2D eigenvalue weighted by atomic mass is 32.2. The Morgan fingerprint density at radius 3 is 2.48 bits per heavy atom. The number of hydrogen-bond donors (Lipinski definition) is 2. The number of nitrogens with zero attached hydrogens (tertiary/aromatic N) is 1. The fourth-order valence-corrected chi connectivity index (χ4v) is 4.12. The third-order valence-corrected chi connectivity index (χ3v) is 5.95. The van der Waals surface area contributed by atoms with Crippen molar-refractivity contribution in [3.8, 4) is 0 Å². The van der Waals surface area contributed by atoms with E-state index in [-0.39, 0.29) is 16.8 Å². The first kappa shape index (κ1) is 19.4. The van der Waals surface area contributed by atoms with E-state index in [9.17, 15) is 13.2 Å². The number of amides is 1. The van der Waals surface area contributed by atoms with Gasteiger partial charge in [-0.2, -0.15) is 0 Å². The van der Waals surface area contributed by atoms with Gasteiger partial charge in [-0.25, -0.2) is 13.1 Å². The van der Waals surface area contributed by atoms with Crippen LogP contribution in [0.3, 0.4) is 0 Å². The van der Waals surface area contributed by atoms with E-state index in [1.165, 1.54) is 12.1 Å². The molecule has 3 rings (SSSR count). The van der Waals surface area contributed by atoms with E-state index < -0.39 is 10.0 Å². The van der Waals surface area contributed by atoms with Crippen LogP contribution < -0.4 is 14.9 Å². The van der Waals surface area contributed by atoms with Gasteiger partial charge >= 0.3 is 0 Å². The first-order valence-electron chi connectivity index (χ1n) is 9.14. The molecule has 27 heavy (non-hydrogen) atoms. The number of rotatable bonds is 8. The van der Waals surface area contributed by atoms with Crippen LogP contribution in [0.4, 0.5) is 11.4 Å². The fourth-order valence-electron chi connectivity index (χ4n) is 2.76. The zero-order valence-corrected chi connectivity index (χ0v) is 16.4. The van der Waals surface area contributed by atoms with Crippen LogP contribution in [0.25, 0.3) is 0 Å². The highest BCUT2D eigenvalue weighted by Crippen LogP contribution is 2.23. The molecule has 1 aliphatic rings. The van der Waals surface area contributed by atoms with Crippen molar-refractivity contribution >= 4 is 27.3 Å². The molecule has 144 valence electrons. The van der Waals surface area contributed by atoms with Crippen molar-refractivity contribution in [3.63, 3.8) is 0 Å². The third kappa shape index (κ3) is 5.08. The lowest BCUT2D eigenvalue weighted by atomic mass is 10.1. The van der Waals surface area contributed by atoms with E-state index in [1.807, 2.05) is 19.2 Å². The maximum atomic E-state index is 12.5. The number of nitrogens with one attached hydrogen (secondary N) is 2. The fraction of sp³-hybridized carbons (Fsp3) is 0.350. The minimum atomic E-state index is -3.55. The van der Waals surface area contributed by atoms with E-state index in [2.05, 4.69) is 21.9 Å². The molecular weight excluding hydrogens is 362 g/mol. The van der Waals surface area contributed by atoms with Crippen LogP contribution in [0.1, 0.15) is 36.5 Å². The number of sulfonamides is 1. The second kappa shape index (κ2) is 8.10. The number of anilines is 2. The van der Waals surface area contributed by atoms with E-state index in [0.29, 0.717) is 11.3 Å². The van der Waals surface area contributed by atoms with Crippen LogP contribution in [-0.4, -0.2) is 34.0 Å². The smallest absolute Gasteiger partial charge is 0.255 e. The number of carbonyl (C=O) groups is 1. The molecule has 0 aromatic heterocycles. The standard InChI is InChI=1S/C20H25N3O3S/c1-3-13-23(2)18-11-7-15(8-12-18)20(24)21-17-5-4-6-19(14-17)27(25,26)22-16-9-10-16/h4-8,11-12,14,16,22H,3,9-10,13H2,1-2H3,(H,21,24). The van der Waals surface area contributed by atoms with Gasteiger partial charge in [0, 0.05) is 36.6 Å². The molecular formula is C20H25N3O3S. The number of benzene rings is 2. The van der Waals surface area contributed by atoms with Gasteiger partial charge in [0.05, 0.1) is 4.90 Å². The van der Waals surface area contributed by atoms with Gasteiger partial charge in [0.15, 0.2) is 0 Å². The van der Waals surface area contributed by atoms with Gasteiger partial charge in [0.2, 0.25) is 10.0 Å². The minimum Gasteiger partial charge on any atom is -0.375 e. The van der Waals surface area contributed by atoms with Crippen molar-refractivity contribution < 1.29 is 13.2 Å². The van der Waals surface area contributed by atoms with Crippen molar-refractivity contribution in [3.05, 3.63) is 54.1 Å². The quantitative estimate of drug-likeness (QED) is 0.729. The minimum absolute atomic E-state index is 0.0394.